The van der Waals surface area contributed by atoms with E-state index in [9.17, 15) is 10.0 Å². The highest BCUT2D eigenvalue weighted by Crippen LogP contribution is 2.32. The van der Waals surface area contributed by atoms with Crippen LogP contribution in [0.4, 0.5) is 0 Å². The molecule has 0 radical (unpaired) electrons. The van der Waals surface area contributed by atoms with Crippen LogP contribution in [0.25, 0.3) is 0 Å². The third kappa shape index (κ3) is 2.98. The number of benzene rings is 1. The number of pyridine rings is 1. The molecule has 0 fully saturated rings. The Morgan fingerprint density at radius 2 is 1.88 bits per heavy atom. The zero-order chi connectivity index (χ0) is 17.1. The third-order valence-electron chi connectivity index (χ3n) is 3.55. The van der Waals surface area contributed by atoms with Gasteiger partial charge in [0.25, 0.3) is 18.3 Å². The van der Waals surface area contributed by atoms with Crippen molar-refractivity contribution in [2.75, 3.05) is 21.0 Å². The van der Waals surface area contributed by atoms with E-state index < -0.39 is 0 Å². The van der Waals surface area contributed by atoms with Crippen molar-refractivity contribution in [2.24, 2.45) is 0 Å². The van der Waals surface area contributed by atoms with Crippen LogP contribution in [0.5, 0.6) is 23.0 Å². The molecule has 24 heavy (non-hydrogen) atoms. The Kier molecular flexibility index (Phi) is 4.28. The molecular weight excluding hydrogens is 316 g/mol. The molecule has 1 aliphatic heterocycles. The predicted molar refractivity (Wildman–Crippen MR) is 80.7 cm³/mol. The van der Waals surface area contributed by atoms with Crippen molar-refractivity contribution in [2.45, 2.75) is 6.54 Å². The fourth-order valence-electron chi connectivity index (χ4n) is 2.38. The summed E-state index contributed by atoms with van der Waals surface area (Å²) in [5, 5.41) is 12.3. The molecule has 1 aromatic heterocycles. The van der Waals surface area contributed by atoms with Crippen LogP contribution in [-0.4, -0.2) is 32.1 Å². The lowest BCUT2D eigenvalue weighted by Gasteiger charge is -2.11. The number of carbonyl (C=O) groups excluding carboxylic acids is 1. The van der Waals surface area contributed by atoms with Gasteiger partial charge in [-0.15, -0.1) is 0 Å². The average molecular weight is 333 g/mol. The summed E-state index contributed by atoms with van der Waals surface area (Å²) in [6.45, 7) is 0.487. The van der Waals surface area contributed by atoms with Crippen molar-refractivity contribution in [3.8, 4) is 23.0 Å². The highest BCUT2D eigenvalue weighted by Gasteiger charge is 2.24. The largest absolute Gasteiger partial charge is 0.490 e. The van der Waals surface area contributed by atoms with Crippen LogP contribution in [0.2, 0.25) is 0 Å². The second-order valence-corrected chi connectivity index (χ2v) is 5.02. The van der Waals surface area contributed by atoms with Gasteiger partial charge in [-0.3, -0.25) is 10.0 Å². The quantitative estimate of drug-likeness (QED) is 0.624. The number of hydrogen-bond acceptors (Lipinski definition) is 6. The summed E-state index contributed by atoms with van der Waals surface area (Å²) in [6.07, 6.45) is 2.55. The maximum atomic E-state index is 12.5. The minimum Gasteiger partial charge on any atom is -0.490 e. The molecule has 0 bridgehead atoms. The number of aromatic nitrogens is 1. The van der Waals surface area contributed by atoms with E-state index in [0.29, 0.717) is 11.5 Å². The molecule has 2 aromatic rings. The van der Waals surface area contributed by atoms with E-state index in [1.165, 1.54) is 26.6 Å². The van der Waals surface area contributed by atoms with Crippen LogP contribution < -0.4 is 29.0 Å². The van der Waals surface area contributed by atoms with Crippen molar-refractivity contribution in [3.63, 3.8) is 0 Å². The maximum Gasteiger partial charge on any atom is 0.265 e. The summed E-state index contributed by atoms with van der Waals surface area (Å²) < 4.78 is 21.6. The van der Waals surface area contributed by atoms with E-state index in [0.717, 1.165) is 10.3 Å². The zero-order valence-corrected chi connectivity index (χ0v) is 13.2. The Morgan fingerprint density at radius 3 is 2.54 bits per heavy atom. The van der Waals surface area contributed by atoms with Crippen molar-refractivity contribution >= 4 is 5.91 Å². The first-order valence-electron chi connectivity index (χ1n) is 7.15. The lowest BCUT2D eigenvalue weighted by molar-refractivity contribution is -0.905. The van der Waals surface area contributed by atoms with E-state index in [1.54, 1.807) is 6.07 Å². The molecule has 1 aliphatic rings. The Labute approximate surface area is 138 Å². The predicted octanol–water partition coefficient (Wildman–Crippen LogP) is 0.887. The van der Waals surface area contributed by atoms with Crippen molar-refractivity contribution in [1.82, 2.24) is 5.32 Å². The van der Waals surface area contributed by atoms with E-state index in [-0.39, 0.29) is 36.3 Å². The second kappa shape index (κ2) is 6.53. The summed E-state index contributed by atoms with van der Waals surface area (Å²) in [7, 11) is 2.81. The number of ether oxygens (including phenoxy) is 4. The van der Waals surface area contributed by atoms with E-state index in [1.807, 2.05) is 12.1 Å². The van der Waals surface area contributed by atoms with E-state index in [4.69, 9.17) is 18.9 Å². The van der Waals surface area contributed by atoms with Crippen LogP contribution in [0, 0.1) is 0 Å². The molecule has 3 rings (SSSR count). The monoisotopic (exact) mass is 333 g/mol. The van der Waals surface area contributed by atoms with E-state index in [2.05, 4.69) is 5.32 Å². The van der Waals surface area contributed by atoms with E-state index >= 15 is 0 Å². The molecule has 2 heterocycles. The molecule has 0 unspecified atom stereocenters. The average Bonchev–Trinajstić information content (AvgIpc) is 3.06. The smallest absolute Gasteiger partial charge is 0.265 e. The number of fused-ring (bicyclic) bond motifs is 1. The summed E-state index contributed by atoms with van der Waals surface area (Å²) in [4.78, 5) is 12.5. The first kappa shape index (κ1) is 15.7. The van der Waals surface area contributed by atoms with Gasteiger partial charge in [-0.05, 0) is 17.7 Å². The van der Waals surface area contributed by atoms with Gasteiger partial charge in [0.2, 0.25) is 18.3 Å². The van der Waals surface area contributed by atoms with Gasteiger partial charge in [-0.2, -0.15) is 0 Å². The van der Waals surface area contributed by atoms with Gasteiger partial charge in [-0.25, -0.2) is 0 Å². The SMILES string of the molecule is COc1c[n+](O)cc(OC)c1C(=O)NCc1ccc2c(c1)OCO2. The number of carbonyl (C=O) groups is 1. The van der Waals surface area contributed by atoms with Crippen molar-refractivity contribution < 1.29 is 33.7 Å². The van der Waals surface area contributed by atoms with Gasteiger partial charge in [0.15, 0.2) is 11.5 Å². The number of nitrogens with one attached hydrogen (secondary N) is 1. The van der Waals surface area contributed by atoms with Crippen molar-refractivity contribution in [3.05, 3.63) is 41.7 Å². The lowest BCUT2D eigenvalue weighted by Crippen LogP contribution is -2.32. The van der Waals surface area contributed by atoms with Gasteiger partial charge in [0, 0.05) is 11.3 Å². The molecule has 0 spiro atoms. The van der Waals surface area contributed by atoms with Gasteiger partial charge in [0.05, 0.1) is 14.2 Å². The Bertz CT molecular complexity index is 752. The van der Waals surface area contributed by atoms with Gasteiger partial charge >= 0.3 is 0 Å². The van der Waals surface area contributed by atoms with Gasteiger partial charge in [0.1, 0.15) is 5.56 Å². The second-order valence-electron chi connectivity index (χ2n) is 5.02. The fraction of sp³-hybridized carbons (Fsp3) is 0.250. The number of methoxy groups -OCH3 is 2. The highest BCUT2D eigenvalue weighted by molar-refractivity contribution is 5.99. The van der Waals surface area contributed by atoms with Crippen LogP contribution in [0.1, 0.15) is 15.9 Å². The summed E-state index contributed by atoms with van der Waals surface area (Å²) in [6, 6.07) is 5.45. The van der Waals surface area contributed by atoms with Gasteiger partial charge < -0.3 is 24.3 Å². The molecule has 1 aromatic carbocycles. The third-order valence-corrected chi connectivity index (χ3v) is 3.55. The molecule has 2 N–H and O–H groups in total. The van der Waals surface area contributed by atoms with Crippen LogP contribution in [0.15, 0.2) is 30.6 Å². The summed E-state index contributed by atoms with van der Waals surface area (Å²) in [5.41, 5.74) is 1.06. The molecule has 0 aliphatic carbocycles. The molecule has 0 atom stereocenters. The topological polar surface area (TPSA) is 90.1 Å². The Balaban J connectivity index is 1.78. The van der Waals surface area contributed by atoms with Crippen LogP contribution in [0.3, 0.4) is 0 Å². The Morgan fingerprint density at radius 1 is 1.21 bits per heavy atom. The van der Waals surface area contributed by atoms with Crippen molar-refractivity contribution in [1.29, 1.82) is 0 Å². The Hall–Kier alpha value is -3.16. The maximum absolute atomic E-state index is 12.5. The van der Waals surface area contributed by atoms with Crippen LogP contribution in [-0.2, 0) is 6.54 Å². The molecule has 1 amide bonds. The number of amides is 1. The molecule has 126 valence electrons. The van der Waals surface area contributed by atoms with Crippen LogP contribution >= 0.6 is 0 Å². The molecular formula is C16H17N2O6+. The molecule has 0 saturated heterocycles. The number of rotatable bonds is 5. The van der Waals surface area contributed by atoms with Gasteiger partial charge in [-0.1, -0.05) is 6.07 Å². The minimum absolute atomic E-state index is 0.194. The molecule has 8 heteroatoms. The standard InChI is InChI=1S/C16H16N2O6/c1-21-13-7-18(20)8-14(22-2)15(13)16(19)17-6-10-3-4-11-12(5-10)24-9-23-11/h3-5,7-8H,6,9H2,1-2H3,(H-,17,19,20)/p+1. The number of hydrogen-bond donors (Lipinski definition) is 2. The fourth-order valence-corrected chi connectivity index (χ4v) is 2.38. The summed E-state index contributed by atoms with van der Waals surface area (Å²) in [5.74, 6) is 1.34. The zero-order valence-electron chi connectivity index (χ0n) is 13.2. The highest BCUT2D eigenvalue weighted by atomic mass is 16.7. The lowest BCUT2D eigenvalue weighted by atomic mass is 10.1. The normalized spacial score (nSPS) is 11.9. The first-order valence-corrected chi connectivity index (χ1v) is 7.15. The number of nitrogens with zero attached hydrogens (tertiary/aromatic N) is 1. The minimum atomic E-state index is -0.387. The first-order chi connectivity index (χ1) is 11.6. The molecule has 0 saturated carbocycles. The molecule has 8 nitrogen and oxygen atoms in total. The summed E-state index contributed by atoms with van der Waals surface area (Å²) >= 11 is 0.